The van der Waals surface area contributed by atoms with Crippen molar-refractivity contribution < 1.29 is 37.9 Å². The van der Waals surface area contributed by atoms with E-state index < -0.39 is 32.5 Å². The zero-order chi connectivity index (χ0) is 36.1. The van der Waals surface area contributed by atoms with Gasteiger partial charge in [0, 0.05) is 12.8 Å². The number of ether oxygens (including phenoxy) is 2. The second-order valence-electron chi connectivity index (χ2n) is 12.6. The van der Waals surface area contributed by atoms with Gasteiger partial charge in [0.05, 0.1) is 6.61 Å². The quantitative estimate of drug-likeness (QED) is 0.0293. The van der Waals surface area contributed by atoms with Gasteiger partial charge in [-0.15, -0.1) is 0 Å². The van der Waals surface area contributed by atoms with Crippen LogP contribution in [0.4, 0.5) is 0 Å². The van der Waals surface area contributed by atoms with E-state index >= 15 is 0 Å². The Labute approximate surface area is 298 Å². The molecule has 0 rings (SSSR count). The highest BCUT2D eigenvalue weighted by Gasteiger charge is 2.22. The molecule has 0 aromatic heterocycles. The Hall–Kier alpha value is -2.25. The van der Waals surface area contributed by atoms with Crippen LogP contribution in [0, 0.1) is 0 Å². The molecular weight excluding hydrogens is 639 g/mol. The van der Waals surface area contributed by atoms with Gasteiger partial charge in [0.1, 0.15) is 6.61 Å². The summed E-state index contributed by atoms with van der Waals surface area (Å²) in [6.45, 7) is 3.50. The van der Waals surface area contributed by atoms with Gasteiger partial charge in [-0.25, -0.2) is 4.57 Å². The van der Waals surface area contributed by atoms with Crippen LogP contribution in [0.3, 0.4) is 0 Å². The number of phosphoric ester groups is 1. The van der Waals surface area contributed by atoms with Gasteiger partial charge in [-0.3, -0.25) is 14.1 Å². The van der Waals surface area contributed by atoms with Crippen LogP contribution in [-0.4, -0.2) is 41.0 Å². The first-order valence-electron chi connectivity index (χ1n) is 19.1. The third-order valence-electron chi connectivity index (χ3n) is 7.86. The lowest BCUT2D eigenvalue weighted by atomic mass is 10.1. The highest BCUT2D eigenvalue weighted by atomic mass is 31.2. The second-order valence-corrected chi connectivity index (χ2v) is 13.8. The number of carbonyl (C=O) groups is 2. The van der Waals surface area contributed by atoms with Gasteiger partial charge < -0.3 is 19.3 Å². The molecule has 0 heterocycles. The smallest absolute Gasteiger partial charge is 0.462 e. The molecule has 0 saturated carbocycles. The number of rotatable bonds is 34. The Morgan fingerprint density at radius 1 is 0.551 bits per heavy atom. The van der Waals surface area contributed by atoms with E-state index in [9.17, 15) is 14.2 Å². The molecule has 0 bridgehead atoms. The highest BCUT2D eigenvalue weighted by Crippen LogP contribution is 2.36. The molecule has 0 fully saturated rings. The molecule has 0 radical (unpaired) electrons. The highest BCUT2D eigenvalue weighted by molar-refractivity contribution is 7.46. The van der Waals surface area contributed by atoms with Crippen molar-refractivity contribution in [3.8, 4) is 0 Å². The van der Waals surface area contributed by atoms with Gasteiger partial charge in [0.2, 0.25) is 0 Å². The molecule has 8 nitrogen and oxygen atoms in total. The number of esters is 2. The summed E-state index contributed by atoms with van der Waals surface area (Å²) < 4.78 is 26.3. The standard InChI is InChI=1S/C40H69O8P/c1-3-5-7-9-11-13-15-17-18-19-20-21-23-24-26-28-30-32-34-39(41)46-36-38(37-47-49(43,44)45)48-40(42)35-33-31-29-27-25-22-16-14-12-10-8-6-4-2/h6,8,10,12,14,16,18-21,38H,3-5,7,9,11,13,15,17,22-37H2,1-2H3,(H2,43,44,45)/b8-6+,12-10+,16-14+,19-18+,21-20+. The van der Waals surface area contributed by atoms with Crippen LogP contribution in [0.5, 0.6) is 0 Å². The molecule has 0 amide bonds. The summed E-state index contributed by atoms with van der Waals surface area (Å²) >= 11 is 0. The van der Waals surface area contributed by atoms with E-state index in [-0.39, 0.29) is 19.4 Å². The minimum atomic E-state index is -4.76. The fraction of sp³-hybridized carbons (Fsp3) is 0.700. The third kappa shape index (κ3) is 38.4. The first kappa shape index (κ1) is 46.8. The normalized spacial score (nSPS) is 13.1. The summed E-state index contributed by atoms with van der Waals surface area (Å²) in [5.74, 6) is -0.931. The van der Waals surface area contributed by atoms with Crippen molar-refractivity contribution in [1.29, 1.82) is 0 Å². The summed E-state index contributed by atoms with van der Waals surface area (Å²) in [6, 6.07) is 0. The summed E-state index contributed by atoms with van der Waals surface area (Å²) in [6.07, 6.45) is 43.7. The predicted octanol–water partition coefficient (Wildman–Crippen LogP) is 11.3. The van der Waals surface area contributed by atoms with E-state index in [0.717, 1.165) is 77.0 Å². The van der Waals surface area contributed by atoms with Crippen molar-refractivity contribution in [1.82, 2.24) is 0 Å². The van der Waals surface area contributed by atoms with Crippen molar-refractivity contribution in [3.05, 3.63) is 60.8 Å². The molecule has 0 aromatic carbocycles. The number of hydrogen-bond acceptors (Lipinski definition) is 6. The molecule has 0 saturated heterocycles. The van der Waals surface area contributed by atoms with Gasteiger partial charge >= 0.3 is 19.8 Å². The van der Waals surface area contributed by atoms with E-state index in [1.54, 1.807) is 0 Å². The molecule has 0 spiro atoms. The lowest BCUT2D eigenvalue weighted by Crippen LogP contribution is -2.29. The maximum absolute atomic E-state index is 12.3. The largest absolute Gasteiger partial charge is 0.469 e. The number of hydrogen-bond donors (Lipinski definition) is 2. The Morgan fingerprint density at radius 3 is 1.47 bits per heavy atom. The Balaban J connectivity index is 4.01. The number of phosphoric acid groups is 1. The van der Waals surface area contributed by atoms with Crippen LogP contribution in [0.1, 0.15) is 162 Å². The lowest BCUT2D eigenvalue weighted by Gasteiger charge is -2.18. The topological polar surface area (TPSA) is 119 Å². The SMILES string of the molecule is CC/C=C/C=C/C=C/CCCCCCCC(=O)OC(COC(=O)CCCCCCC/C=C/C=C/CCCCCCCCC)COP(=O)(O)O. The summed E-state index contributed by atoms with van der Waals surface area (Å²) in [5.41, 5.74) is 0. The summed E-state index contributed by atoms with van der Waals surface area (Å²) in [5, 5.41) is 0. The lowest BCUT2D eigenvalue weighted by molar-refractivity contribution is -0.161. The molecule has 2 N–H and O–H groups in total. The maximum Gasteiger partial charge on any atom is 0.469 e. The number of allylic oxidation sites excluding steroid dienone is 10. The summed E-state index contributed by atoms with van der Waals surface area (Å²) in [7, 11) is -4.76. The minimum absolute atomic E-state index is 0.183. The van der Waals surface area contributed by atoms with Crippen LogP contribution in [-0.2, 0) is 28.2 Å². The molecule has 1 unspecified atom stereocenters. The van der Waals surface area contributed by atoms with Crippen molar-refractivity contribution in [2.24, 2.45) is 0 Å². The monoisotopic (exact) mass is 708 g/mol. The van der Waals surface area contributed by atoms with Crippen LogP contribution < -0.4 is 0 Å². The molecule has 0 aliphatic rings. The fourth-order valence-electron chi connectivity index (χ4n) is 5.01. The molecule has 9 heteroatoms. The number of carbonyl (C=O) groups excluding carboxylic acids is 2. The van der Waals surface area contributed by atoms with E-state index in [2.05, 4.69) is 60.9 Å². The van der Waals surface area contributed by atoms with Crippen molar-refractivity contribution in [2.75, 3.05) is 13.2 Å². The molecule has 0 aromatic rings. The first-order valence-corrected chi connectivity index (χ1v) is 20.7. The predicted molar refractivity (Wildman–Crippen MR) is 202 cm³/mol. The summed E-state index contributed by atoms with van der Waals surface area (Å²) in [4.78, 5) is 42.7. The Kier molecular flexibility index (Phi) is 33.9. The van der Waals surface area contributed by atoms with Gasteiger partial charge in [-0.05, 0) is 57.8 Å². The molecule has 49 heavy (non-hydrogen) atoms. The maximum atomic E-state index is 12.3. The second kappa shape index (κ2) is 35.6. The fourth-order valence-corrected chi connectivity index (χ4v) is 5.37. The van der Waals surface area contributed by atoms with Crippen LogP contribution in [0.25, 0.3) is 0 Å². The molecular formula is C40H69O8P. The average molecular weight is 709 g/mol. The van der Waals surface area contributed by atoms with Crippen LogP contribution in [0.2, 0.25) is 0 Å². The van der Waals surface area contributed by atoms with E-state index in [1.165, 1.54) is 44.9 Å². The van der Waals surface area contributed by atoms with Crippen molar-refractivity contribution >= 4 is 19.8 Å². The molecule has 0 aliphatic heterocycles. The molecule has 0 aliphatic carbocycles. The average Bonchev–Trinajstić information content (AvgIpc) is 3.07. The zero-order valence-corrected chi connectivity index (χ0v) is 31.7. The van der Waals surface area contributed by atoms with Gasteiger partial charge in [0.25, 0.3) is 0 Å². The van der Waals surface area contributed by atoms with Crippen molar-refractivity contribution in [2.45, 2.75) is 168 Å². The van der Waals surface area contributed by atoms with Gasteiger partial charge in [0.15, 0.2) is 6.10 Å². The van der Waals surface area contributed by atoms with Gasteiger partial charge in [-0.1, -0.05) is 152 Å². The first-order chi connectivity index (χ1) is 23.8. The minimum Gasteiger partial charge on any atom is -0.462 e. The zero-order valence-electron chi connectivity index (χ0n) is 30.8. The van der Waals surface area contributed by atoms with E-state index in [4.69, 9.17) is 19.3 Å². The molecule has 1 atom stereocenters. The van der Waals surface area contributed by atoms with Crippen LogP contribution >= 0.6 is 7.82 Å². The number of unbranched alkanes of at least 4 members (excludes halogenated alkanes) is 17. The Morgan fingerprint density at radius 2 is 0.980 bits per heavy atom. The van der Waals surface area contributed by atoms with Gasteiger partial charge in [-0.2, -0.15) is 0 Å². The van der Waals surface area contributed by atoms with Crippen LogP contribution in [0.15, 0.2) is 60.8 Å². The van der Waals surface area contributed by atoms with Crippen molar-refractivity contribution in [3.63, 3.8) is 0 Å². The van der Waals surface area contributed by atoms with E-state index in [1.807, 2.05) is 18.2 Å². The third-order valence-corrected chi connectivity index (χ3v) is 8.34. The Bertz CT molecular complexity index is 979. The molecule has 282 valence electrons. The van der Waals surface area contributed by atoms with E-state index in [0.29, 0.717) is 12.8 Å².